The molecule has 178 valence electrons. The third kappa shape index (κ3) is 5.72. The van der Waals surface area contributed by atoms with Gasteiger partial charge < -0.3 is 9.80 Å². The van der Waals surface area contributed by atoms with Crippen molar-refractivity contribution in [2.24, 2.45) is 0 Å². The van der Waals surface area contributed by atoms with Crippen molar-refractivity contribution >= 4 is 21.6 Å². The molecule has 7 nitrogen and oxygen atoms in total. The van der Waals surface area contributed by atoms with Crippen molar-refractivity contribution in [1.29, 1.82) is 0 Å². The van der Waals surface area contributed by atoms with Gasteiger partial charge in [0.2, 0.25) is 10.0 Å². The number of halogens is 1. The Hall–Kier alpha value is -2.49. The Labute approximate surface area is 195 Å². The number of amides is 1. The summed E-state index contributed by atoms with van der Waals surface area (Å²) in [6, 6.07) is 14.2. The van der Waals surface area contributed by atoms with Crippen molar-refractivity contribution < 1.29 is 17.6 Å². The van der Waals surface area contributed by atoms with Crippen LogP contribution in [0.1, 0.15) is 22.8 Å². The van der Waals surface area contributed by atoms with E-state index in [9.17, 15) is 17.6 Å². The van der Waals surface area contributed by atoms with E-state index in [-0.39, 0.29) is 17.5 Å². The molecule has 2 aliphatic heterocycles. The van der Waals surface area contributed by atoms with Crippen molar-refractivity contribution in [1.82, 2.24) is 14.1 Å². The van der Waals surface area contributed by atoms with Crippen LogP contribution in [-0.2, 0) is 16.6 Å². The van der Waals surface area contributed by atoms with E-state index in [2.05, 4.69) is 9.80 Å². The van der Waals surface area contributed by atoms with Crippen molar-refractivity contribution in [3.05, 3.63) is 65.5 Å². The second kappa shape index (κ2) is 10.2. The molecular weight excluding hydrogens is 443 g/mol. The highest BCUT2D eigenvalue weighted by molar-refractivity contribution is 7.89. The van der Waals surface area contributed by atoms with Gasteiger partial charge in [-0.05, 0) is 48.9 Å². The first-order chi connectivity index (χ1) is 15.9. The maximum Gasteiger partial charge on any atom is 0.253 e. The molecule has 0 N–H and O–H groups in total. The van der Waals surface area contributed by atoms with Gasteiger partial charge in [-0.1, -0.05) is 12.1 Å². The number of carbonyl (C=O) groups excluding carboxylic acids is 1. The Kier molecular flexibility index (Phi) is 7.31. The van der Waals surface area contributed by atoms with Gasteiger partial charge in [-0.15, -0.1) is 0 Å². The third-order valence-electron chi connectivity index (χ3n) is 6.43. The molecular formula is C24H31FN4O3S. The lowest BCUT2D eigenvalue weighted by Crippen LogP contribution is -2.49. The molecule has 0 atom stereocenters. The van der Waals surface area contributed by atoms with Gasteiger partial charge in [0.1, 0.15) is 5.82 Å². The van der Waals surface area contributed by atoms with Gasteiger partial charge in [-0.25, -0.2) is 12.8 Å². The minimum Gasteiger partial charge on any atom is -0.368 e. The normalized spacial score (nSPS) is 18.5. The topological polar surface area (TPSA) is 64.2 Å². The molecule has 2 heterocycles. The number of carbonyl (C=O) groups is 1. The molecule has 0 unspecified atom stereocenters. The zero-order valence-electron chi connectivity index (χ0n) is 19.0. The first-order valence-electron chi connectivity index (χ1n) is 11.4. The van der Waals surface area contributed by atoms with E-state index in [0.717, 1.165) is 11.3 Å². The Bertz CT molecular complexity index is 1060. The fourth-order valence-corrected chi connectivity index (χ4v) is 5.50. The van der Waals surface area contributed by atoms with Gasteiger partial charge in [0.05, 0.1) is 5.75 Å². The largest absolute Gasteiger partial charge is 0.368 e. The smallest absolute Gasteiger partial charge is 0.253 e. The van der Waals surface area contributed by atoms with Crippen molar-refractivity contribution in [3.8, 4) is 0 Å². The second-order valence-electron chi connectivity index (χ2n) is 8.53. The summed E-state index contributed by atoms with van der Waals surface area (Å²) in [6.45, 7) is 7.41. The highest BCUT2D eigenvalue weighted by atomic mass is 32.2. The van der Waals surface area contributed by atoms with Crippen LogP contribution in [0.3, 0.4) is 0 Å². The molecule has 2 saturated heterocycles. The summed E-state index contributed by atoms with van der Waals surface area (Å²) in [5, 5.41) is 0. The van der Waals surface area contributed by atoms with E-state index in [1.54, 1.807) is 23.4 Å². The highest BCUT2D eigenvalue weighted by Gasteiger charge is 2.26. The lowest BCUT2D eigenvalue weighted by molar-refractivity contribution is 0.0746. The number of benzene rings is 2. The van der Waals surface area contributed by atoms with Gasteiger partial charge in [-0.3, -0.25) is 9.69 Å². The zero-order valence-corrected chi connectivity index (χ0v) is 19.8. The number of nitrogens with zero attached hydrogens (tertiary/aromatic N) is 4. The third-order valence-corrected chi connectivity index (χ3v) is 8.31. The van der Waals surface area contributed by atoms with Gasteiger partial charge in [0.25, 0.3) is 5.91 Å². The van der Waals surface area contributed by atoms with Gasteiger partial charge in [0.15, 0.2) is 0 Å². The summed E-state index contributed by atoms with van der Waals surface area (Å²) in [5.74, 6) is -0.0928. The molecule has 0 spiro atoms. The van der Waals surface area contributed by atoms with E-state index in [4.69, 9.17) is 0 Å². The molecule has 0 bridgehead atoms. The predicted molar refractivity (Wildman–Crippen MR) is 127 cm³/mol. The quantitative estimate of drug-likeness (QED) is 0.643. The molecule has 2 aromatic rings. The average Bonchev–Trinajstić information content (AvgIpc) is 2.85. The number of hydrogen-bond donors (Lipinski definition) is 0. The minimum atomic E-state index is -3.14. The summed E-state index contributed by atoms with van der Waals surface area (Å²) in [4.78, 5) is 19.4. The van der Waals surface area contributed by atoms with E-state index in [1.165, 1.54) is 12.1 Å². The Morgan fingerprint density at radius 2 is 1.58 bits per heavy atom. The number of anilines is 1. The number of sulfonamides is 1. The summed E-state index contributed by atoms with van der Waals surface area (Å²) in [6.07, 6.45) is 0. The van der Waals surface area contributed by atoms with Crippen LogP contribution >= 0.6 is 0 Å². The van der Waals surface area contributed by atoms with Crippen LogP contribution in [0.5, 0.6) is 0 Å². The van der Waals surface area contributed by atoms with Crippen molar-refractivity contribution in [3.63, 3.8) is 0 Å². The lowest BCUT2D eigenvalue weighted by Gasteiger charge is -2.36. The van der Waals surface area contributed by atoms with Gasteiger partial charge in [-0.2, -0.15) is 4.31 Å². The molecule has 2 fully saturated rings. The van der Waals surface area contributed by atoms with Crippen LogP contribution in [0.25, 0.3) is 0 Å². The summed E-state index contributed by atoms with van der Waals surface area (Å²) in [5.41, 5.74) is 2.70. The number of hydrogen-bond acceptors (Lipinski definition) is 5. The molecule has 0 saturated carbocycles. The monoisotopic (exact) mass is 474 g/mol. The molecule has 0 aliphatic carbocycles. The zero-order chi connectivity index (χ0) is 23.4. The SMILES string of the molecule is CCS(=O)(=O)N1CCN(Cc2cccc(C(=O)N3CCN(c4ccc(F)cc4)CC3)c2)CC1. The van der Waals surface area contributed by atoms with Crippen LogP contribution < -0.4 is 4.90 Å². The van der Waals surface area contributed by atoms with E-state index in [0.29, 0.717) is 64.5 Å². The van der Waals surface area contributed by atoms with Crippen molar-refractivity contribution in [2.75, 3.05) is 63.0 Å². The molecule has 2 aromatic carbocycles. The first-order valence-corrected chi connectivity index (χ1v) is 13.1. The summed E-state index contributed by atoms with van der Waals surface area (Å²) in [7, 11) is -3.14. The second-order valence-corrected chi connectivity index (χ2v) is 10.8. The average molecular weight is 475 g/mol. The molecule has 1 amide bonds. The molecule has 0 radical (unpaired) electrons. The Morgan fingerprint density at radius 3 is 2.21 bits per heavy atom. The van der Waals surface area contributed by atoms with Gasteiger partial charge in [0, 0.05) is 70.2 Å². The van der Waals surface area contributed by atoms with E-state index < -0.39 is 10.0 Å². The van der Waals surface area contributed by atoms with Crippen LogP contribution in [0.4, 0.5) is 10.1 Å². The summed E-state index contributed by atoms with van der Waals surface area (Å²) >= 11 is 0. The van der Waals surface area contributed by atoms with E-state index in [1.807, 2.05) is 29.2 Å². The van der Waals surface area contributed by atoms with Crippen LogP contribution in [0, 0.1) is 5.82 Å². The fourth-order valence-electron chi connectivity index (χ4n) is 4.41. The maximum absolute atomic E-state index is 13.2. The van der Waals surface area contributed by atoms with Gasteiger partial charge >= 0.3 is 0 Å². The van der Waals surface area contributed by atoms with E-state index >= 15 is 0 Å². The molecule has 0 aromatic heterocycles. The minimum absolute atomic E-state index is 0.0227. The molecule has 2 aliphatic rings. The highest BCUT2D eigenvalue weighted by Crippen LogP contribution is 2.19. The molecule has 4 rings (SSSR count). The Morgan fingerprint density at radius 1 is 0.909 bits per heavy atom. The fraction of sp³-hybridized carbons (Fsp3) is 0.458. The van der Waals surface area contributed by atoms with Crippen LogP contribution in [-0.4, -0.2) is 86.5 Å². The van der Waals surface area contributed by atoms with Crippen LogP contribution in [0.2, 0.25) is 0 Å². The first kappa shape index (κ1) is 23.7. The molecule has 33 heavy (non-hydrogen) atoms. The number of rotatable bonds is 6. The standard InChI is InChI=1S/C24H31FN4O3S/c1-2-33(31,32)29-16-10-26(11-17-29)19-20-4-3-5-21(18-20)24(30)28-14-12-27(13-15-28)23-8-6-22(25)7-9-23/h3-9,18H,2,10-17,19H2,1H3. The maximum atomic E-state index is 13.2. The predicted octanol–water partition coefficient (Wildman–Crippen LogP) is 2.26. The Balaban J connectivity index is 1.31. The van der Waals surface area contributed by atoms with Crippen LogP contribution in [0.15, 0.2) is 48.5 Å². The molecule has 9 heteroatoms. The van der Waals surface area contributed by atoms with Crippen molar-refractivity contribution in [2.45, 2.75) is 13.5 Å². The lowest BCUT2D eigenvalue weighted by atomic mass is 10.1. The summed E-state index contributed by atoms with van der Waals surface area (Å²) < 4.78 is 38.8. The number of piperazine rings is 2.